The van der Waals surface area contributed by atoms with Gasteiger partial charge in [0.25, 0.3) is 0 Å². The molecule has 11 heteroatoms. The Labute approximate surface area is 202 Å². The van der Waals surface area contributed by atoms with Crippen molar-refractivity contribution in [1.29, 1.82) is 0 Å². The number of likely N-dealkylation sites (N-methyl/N-ethyl adjacent to an activating group) is 1. The summed E-state index contributed by atoms with van der Waals surface area (Å²) < 4.78 is 33.7. The van der Waals surface area contributed by atoms with E-state index >= 15 is 0 Å². The second-order valence-corrected chi connectivity index (χ2v) is 11.0. The number of hydrogen-bond acceptors (Lipinski definition) is 9. The van der Waals surface area contributed by atoms with E-state index in [-0.39, 0.29) is 0 Å². The summed E-state index contributed by atoms with van der Waals surface area (Å²) in [6.07, 6.45) is 0. The minimum atomic E-state index is -3.53. The molecule has 0 spiro atoms. The Kier molecular flexibility index (Phi) is 6.17. The van der Waals surface area contributed by atoms with Crippen LogP contribution in [0.1, 0.15) is 0 Å². The molecule has 1 N–H and O–H groups in total. The Balaban J connectivity index is 1.33. The molecule has 1 saturated heterocycles. The molecular weight excluding hydrogens is 472 g/mol. The molecule has 5 rings (SSSR count). The number of thiazole rings is 1. The molecule has 176 valence electrons. The number of fused-ring (bicyclic) bond motifs is 1. The SMILES string of the molecule is COc1ccc(-c2ccc(Nc3nc4ccc(S(=O)(=O)N5CCN(C)CC5)cc4s3)nn2)cc1. The van der Waals surface area contributed by atoms with E-state index < -0.39 is 10.0 Å². The predicted molar refractivity (Wildman–Crippen MR) is 133 cm³/mol. The fourth-order valence-corrected chi connectivity index (χ4v) is 6.16. The predicted octanol–water partition coefficient (Wildman–Crippen LogP) is 3.44. The third-order valence-corrected chi connectivity index (χ3v) is 8.57. The van der Waals surface area contributed by atoms with E-state index in [4.69, 9.17) is 4.74 Å². The van der Waals surface area contributed by atoms with Crippen LogP contribution in [0.2, 0.25) is 0 Å². The van der Waals surface area contributed by atoms with Crippen LogP contribution in [0.5, 0.6) is 5.75 Å². The molecule has 1 aliphatic heterocycles. The number of piperazine rings is 1. The average Bonchev–Trinajstić information content (AvgIpc) is 3.26. The average molecular weight is 497 g/mol. The van der Waals surface area contributed by atoms with Gasteiger partial charge in [0.05, 0.1) is 27.9 Å². The summed E-state index contributed by atoms with van der Waals surface area (Å²) in [5, 5.41) is 12.3. The van der Waals surface area contributed by atoms with Gasteiger partial charge in [-0.1, -0.05) is 11.3 Å². The van der Waals surface area contributed by atoms with Gasteiger partial charge in [0, 0.05) is 31.7 Å². The monoisotopic (exact) mass is 496 g/mol. The molecule has 34 heavy (non-hydrogen) atoms. The summed E-state index contributed by atoms with van der Waals surface area (Å²) in [6.45, 7) is 2.46. The third-order valence-electron chi connectivity index (χ3n) is 5.75. The standard InChI is InChI=1S/C23H24N6O3S2/c1-28-11-13-29(14-12-28)34(30,31)18-7-8-20-21(15-18)33-23(24-20)25-22-10-9-19(26-27-22)16-3-5-17(32-2)6-4-16/h3-10,15H,11-14H2,1-2H3,(H,24,25,27). The quantitative estimate of drug-likeness (QED) is 0.433. The van der Waals surface area contributed by atoms with Crippen molar-refractivity contribution < 1.29 is 13.2 Å². The van der Waals surface area contributed by atoms with Crippen LogP contribution in [0, 0.1) is 0 Å². The van der Waals surface area contributed by atoms with Gasteiger partial charge in [-0.3, -0.25) is 0 Å². The first-order chi connectivity index (χ1) is 16.4. The van der Waals surface area contributed by atoms with Crippen molar-refractivity contribution in [2.24, 2.45) is 0 Å². The molecule has 2 aromatic heterocycles. The topological polar surface area (TPSA) is 101 Å². The van der Waals surface area contributed by atoms with Gasteiger partial charge in [0.1, 0.15) is 5.75 Å². The maximum Gasteiger partial charge on any atom is 0.243 e. The Morgan fingerprint density at radius 2 is 1.74 bits per heavy atom. The lowest BCUT2D eigenvalue weighted by atomic mass is 10.1. The van der Waals surface area contributed by atoms with Crippen molar-refractivity contribution in [1.82, 2.24) is 24.4 Å². The Morgan fingerprint density at radius 3 is 2.41 bits per heavy atom. The molecule has 0 radical (unpaired) electrons. The van der Waals surface area contributed by atoms with E-state index in [9.17, 15) is 8.42 Å². The molecule has 3 heterocycles. The Hall–Kier alpha value is -3.12. The number of benzene rings is 2. The maximum absolute atomic E-state index is 13.1. The van der Waals surface area contributed by atoms with Crippen molar-refractivity contribution in [3.63, 3.8) is 0 Å². The van der Waals surface area contributed by atoms with Crippen LogP contribution in [0.15, 0.2) is 59.5 Å². The number of ether oxygens (including phenoxy) is 1. The largest absolute Gasteiger partial charge is 0.497 e. The number of nitrogens with zero attached hydrogens (tertiary/aromatic N) is 5. The molecule has 0 amide bonds. The van der Waals surface area contributed by atoms with Crippen molar-refractivity contribution in [2.45, 2.75) is 4.90 Å². The second kappa shape index (κ2) is 9.26. The lowest BCUT2D eigenvalue weighted by molar-refractivity contribution is 0.222. The zero-order valence-electron chi connectivity index (χ0n) is 18.8. The van der Waals surface area contributed by atoms with E-state index in [1.807, 2.05) is 43.4 Å². The highest BCUT2D eigenvalue weighted by atomic mass is 32.2. The minimum Gasteiger partial charge on any atom is -0.497 e. The number of methoxy groups -OCH3 is 1. The molecule has 0 unspecified atom stereocenters. The molecule has 0 atom stereocenters. The fourth-order valence-electron chi connectivity index (χ4n) is 3.72. The highest BCUT2D eigenvalue weighted by Gasteiger charge is 2.27. The van der Waals surface area contributed by atoms with Crippen LogP contribution in [0.25, 0.3) is 21.5 Å². The van der Waals surface area contributed by atoms with E-state index in [0.717, 1.165) is 40.3 Å². The van der Waals surface area contributed by atoms with E-state index in [1.54, 1.807) is 29.6 Å². The zero-order chi connectivity index (χ0) is 23.7. The van der Waals surface area contributed by atoms with Crippen molar-refractivity contribution in [3.8, 4) is 17.0 Å². The maximum atomic E-state index is 13.1. The number of rotatable bonds is 6. The number of anilines is 2. The summed E-state index contributed by atoms with van der Waals surface area (Å²) in [4.78, 5) is 6.99. The van der Waals surface area contributed by atoms with Crippen LogP contribution >= 0.6 is 11.3 Å². The number of aromatic nitrogens is 3. The minimum absolute atomic E-state index is 0.295. The first-order valence-corrected chi connectivity index (χ1v) is 13.0. The van der Waals surface area contributed by atoms with Crippen LogP contribution in [-0.4, -0.2) is 73.1 Å². The fraction of sp³-hybridized carbons (Fsp3) is 0.261. The molecular formula is C23H24N6O3S2. The first-order valence-electron chi connectivity index (χ1n) is 10.8. The van der Waals surface area contributed by atoms with Crippen LogP contribution < -0.4 is 10.1 Å². The zero-order valence-corrected chi connectivity index (χ0v) is 20.4. The van der Waals surface area contributed by atoms with Gasteiger partial charge in [0.15, 0.2) is 10.9 Å². The van der Waals surface area contributed by atoms with Gasteiger partial charge in [-0.15, -0.1) is 10.2 Å². The molecule has 1 fully saturated rings. The molecule has 0 bridgehead atoms. The van der Waals surface area contributed by atoms with Gasteiger partial charge in [-0.05, 0) is 61.6 Å². The highest BCUT2D eigenvalue weighted by Crippen LogP contribution is 2.31. The van der Waals surface area contributed by atoms with Crippen LogP contribution in [0.3, 0.4) is 0 Å². The smallest absolute Gasteiger partial charge is 0.243 e. The molecule has 2 aromatic carbocycles. The first kappa shape index (κ1) is 22.7. The van der Waals surface area contributed by atoms with E-state index in [0.29, 0.717) is 28.9 Å². The lowest BCUT2D eigenvalue weighted by Crippen LogP contribution is -2.46. The van der Waals surface area contributed by atoms with E-state index in [2.05, 4.69) is 25.4 Å². The van der Waals surface area contributed by atoms with Crippen LogP contribution in [0.4, 0.5) is 10.9 Å². The van der Waals surface area contributed by atoms with Crippen molar-refractivity contribution in [2.75, 3.05) is 45.7 Å². The highest BCUT2D eigenvalue weighted by molar-refractivity contribution is 7.89. The lowest BCUT2D eigenvalue weighted by Gasteiger charge is -2.31. The number of nitrogens with one attached hydrogen (secondary N) is 1. The molecule has 9 nitrogen and oxygen atoms in total. The van der Waals surface area contributed by atoms with Gasteiger partial charge in [-0.25, -0.2) is 13.4 Å². The summed E-state index contributed by atoms with van der Waals surface area (Å²) >= 11 is 1.38. The van der Waals surface area contributed by atoms with Crippen LogP contribution in [-0.2, 0) is 10.0 Å². The Bertz CT molecular complexity index is 1400. The number of sulfonamides is 1. The van der Waals surface area contributed by atoms with Crippen molar-refractivity contribution >= 4 is 42.5 Å². The summed E-state index contributed by atoms with van der Waals surface area (Å²) in [6, 6.07) is 16.4. The molecule has 1 aliphatic rings. The summed E-state index contributed by atoms with van der Waals surface area (Å²) in [5.41, 5.74) is 2.41. The van der Waals surface area contributed by atoms with Crippen molar-refractivity contribution in [3.05, 3.63) is 54.6 Å². The molecule has 0 saturated carbocycles. The normalized spacial score (nSPS) is 15.5. The van der Waals surface area contributed by atoms with Gasteiger partial charge < -0.3 is 15.0 Å². The second-order valence-electron chi connectivity index (χ2n) is 8.01. The van der Waals surface area contributed by atoms with Gasteiger partial charge in [0.2, 0.25) is 10.0 Å². The summed E-state index contributed by atoms with van der Waals surface area (Å²) in [5.74, 6) is 1.34. The number of hydrogen-bond donors (Lipinski definition) is 1. The third kappa shape index (κ3) is 4.60. The van der Waals surface area contributed by atoms with Gasteiger partial charge in [-0.2, -0.15) is 4.31 Å². The molecule has 4 aromatic rings. The van der Waals surface area contributed by atoms with E-state index in [1.165, 1.54) is 11.3 Å². The summed E-state index contributed by atoms with van der Waals surface area (Å²) in [7, 11) is 0.101. The molecule has 0 aliphatic carbocycles. The Morgan fingerprint density at radius 1 is 0.971 bits per heavy atom. The van der Waals surface area contributed by atoms with Gasteiger partial charge >= 0.3 is 0 Å².